The Morgan fingerprint density at radius 3 is 2.85 bits per heavy atom. The Morgan fingerprint density at radius 1 is 1.23 bits per heavy atom. The fraction of sp³-hybridized carbons (Fsp3) is 0.222. The summed E-state index contributed by atoms with van der Waals surface area (Å²) in [5.74, 6) is 0.411. The molecule has 4 rings (SSSR count). The van der Waals surface area contributed by atoms with Gasteiger partial charge >= 0.3 is 0 Å². The van der Waals surface area contributed by atoms with Crippen molar-refractivity contribution in [3.63, 3.8) is 0 Å². The molecule has 3 aromatic heterocycles. The Morgan fingerprint density at radius 2 is 2.15 bits per heavy atom. The molecule has 1 atom stereocenters. The van der Waals surface area contributed by atoms with Crippen molar-refractivity contribution in [2.45, 2.75) is 18.9 Å². The maximum absolute atomic E-state index is 12.6. The molecule has 3 aromatic rings. The van der Waals surface area contributed by atoms with Gasteiger partial charge in [-0.3, -0.25) is 9.59 Å². The van der Waals surface area contributed by atoms with Crippen LogP contribution in [0.3, 0.4) is 0 Å². The molecule has 2 amide bonds. The first-order valence-corrected chi connectivity index (χ1v) is 8.34. The number of nitrogens with zero attached hydrogens (tertiary/aromatic N) is 4. The molecule has 1 saturated heterocycles. The van der Waals surface area contributed by atoms with Crippen molar-refractivity contribution in [1.82, 2.24) is 19.7 Å². The number of pyridine rings is 1. The number of carbonyl (C=O) groups excluding carboxylic acids is 2. The fourth-order valence-corrected chi connectivity index (χ4v) is 3.05. The summed E-state index contributed by atoms with van der Waals surface area (Å²) >= 11 is 0. The number of anilines is 1. The van der Waals surface area contributed by atoms with Gasteiger partial charge in [-0.05, 0) is 43.2 Å². The summed E-state index contributed by atoms with van der Waals surface area (Å²) in [6, 6.07) is 8.08. The molecule has 1 unspecified atom stereocenters. The summed E-state index contributed by atoms with van der Waals surface area (Å²) < 4.78 is 6.79. The van der Waals surface area contributed by atoms with E-state index in [2.05, 4.69) is 15.4 Å². The van der Waals surface area contributed by atoms with Crippen molar-refractivity contribution in [3.8, 4) is 5.82 Å². The molecule has 0 spiro atoms. The molecular formula is C18H17N5O3. The number of likely N-dealkylation sites (tertiary alicyclic amines) is 1. The molecule has 1 fully saturated rings. The van der Waals surface area contributed by atoms with Crippen LogP contribution in [0.15, 0.2) is 59.6 Å². The van der Waals surface area contributed by atoms with Crippen LogP contribution in [-0.4, -0.2) is 44.1 Å². The van der Waals surface area contributed by atoms with E-state index in [-0.39, 0.29) is 17.6 Å². The lowest BCUT2D eigenvalue weighted by atomic mass is 10.2. The van der Waals surface area contributed by atoms with Crippen molar-refractivity contribution >= 4 is 17.5 Å². The first-order valence-electron chi connectivity index (χ1n) is 8.34. The number of amides is 2. The molecular weight excluding hydrogens is 334 g/mol. The zero-order valence-electron chi connectivity index (χ0n) is 13.9. The highest BCUT2D eigenvalue weighted by Gasteiger charge is 2.35. The molecule has 0 bridgehead atoms. The molecule has 1 aliphatic heterocycles. The summed E-state index contributed by atoms with van der Waals surface area (Å²) in [6.45, 7) is 0.536. The van der Waals surface area contributed by atoms with Gasteiger partial charge in [0.25, 0.3) is 5.91 Å². The van der Waals surface area contributed by atoms with Crippen molar-refractivity contribution in [1.29, 1.82) is 0 Å². The number of carbonyl (C=O) groups is 2. The Balaban J connectivity index is 1.44. The summed E-state index contributed by atoms with van der Waals surface area (Å²) in [5, 5.41) is 6.94. The number of aromatic nitrogens is 3. The van der Waals surface area contributed by atoms with Crippen LogP contribution in [0.25, 0.3) is 5.82 Å². The second-order valence-corrected chi connectivity index (χ2v) is 5.98. The van der Waals surface area contributed by atoms with Gasteiger partial charge in [0.1, 0.15) is 6.04 Å². The third-order valence-electron chi connectivity index (χ3n) is 4.30. The Labute approximate surface area is 149 Å². The largest absolute Gasteiger partial charge is 0.459 e. The molecule has 0 aromatic carbocycles. The smallest absolute Gasteiger partial charge is 0.290 e. The number of hydrogen-bond donors (Lipinski definition) is 1. The summed E-state index contributed by atoms with van der Waals surface area (Å²) in [6.07, 6.45) is 7.88. The normalized spacial score (nSPS) is 16.6. The molecule has 0 saturated carbocycles. The molecule has 8 heteroatoms. The van der Waals surface area contributed by atoms with E-state index in [9.17, 15) is 9.59 Å². The van der Waals surface area contributed by atoms with Crippen LogP contribution in [0.5, 0.6) is 0 Å². The average Bonchev–Trinajstić information content (AvgIpc) is 3.44. The summed E-state index contributed by atoms with van der Waals surface area (Å²) in [4.78, 5) is 31.0. The predicted octanol–water partition coefficient (Wildman–Crippen LogP) is 2.10. The zero-order valence-corrected chi connectivity index (χ0v) is 13.9. The van der Waals surface area contributed by atoms with Gasteiger partial charge < -0.3 is 14.6 Å². The van der Waals surface area contributed by atoms with Crippen LogP contribution in [0.2, 0.25) is 0 Å². The van der Waals surface area contributed by atoms with E-state index in [1.54, 1.807) is 52.4 Å². The van der Waals surface area contributed by atoms with Gasteiger partial charge in [-0.15, -0.1) is 0 Å². The molecule has 26 heavy (non-hydrogen) atoms. The van der Waals surface area contributed by atoms with E-state index in [0.717, 1.165) is 6.42 Å². The van der Waals surface area contributed by atoms with E-state index in [4.69, 9.17) is 4.42 Å². The first kappa shape index (κ1) is 16.1. The van der Waals surface area contributed by atoms with Gasteiger partial charge in [-0.2, -0.15) is 5.10 Å². The summed E-state index contributed by atoms with van der Waals surface area (Å²) in [7, 11) is 0. The lowest BCUT2D eigenvalue weighted by molar-refractivity contribution is -0.119. The van der Waals surface area contributed by atoms with Gasteiger partial charge in [-0.1, -0.05) is 0 Å². The highest BCUT2D eigenvalue weighted by Crippen LogP contribution is 2.22. The number of rotatable bonds is 4. The van der Waals surface area contributed by atoms with E-state index in [0.29, 0.717) is 24.5 Å². The number of hydrogen-bond acceptors (Lipinski definition) is 5. The van der Waals surface area contributed by atoms with Crippen LogP contribution in [0.1, 0.15) is 23.4 Å². The van der Waals surface area contributed by atoms with Gasteiger partial charge in [0.05, 0.1) is 18.1 Å². The highest BCUT2D eigenvalue weighted by atomic mass is 16.3. The molecule has 1 aliphatic rings. The third-order valence-corrected chi connectivity index (χ3v) is 4.30. The highest BCUT2D eigenvalue weighted by molar-refractivity contribution is 6.00. The van der Waals surface area contributed by atoms with Crippen LogP contribution in [0, 0.1) is 0 Å². The van der Waals surface area contributed by atoms with Crippen molar-refractivity contribution in [2.24, 2.45) is 0 Å². The number of nitrogens with one attached hydrogen (secondary N) is 1. The first-order chi connectivity index (χ1) is 12.7. The summed E-state index contributed by atoms with van der Waals surface area (Å²) in [5.41, 5.74) is 0.572. The lowest BCUT2D eigenvalue weighted by Gasteiger charge is -2.23. The molecule has 1 N–H and O–H groups in total. The van der Waals surface area contributed by atoms with Gasteiger partial charge in [0, 0.05) is 18.9 Å². The Kier molecular flexibility index (Phi) is 4.22. The molecule has 8 nitrogen and oxygen atoms in total. The standard InChI is InChI=1S/C18H17N5O3/c24-17(14-4-1-9-22(14)18(25)15-5-2-11-26-15)21-13-6-7-16(19-12-13)23-10-3-8-20-23/h2-3,5-8,10-12,14H,1,4,9H2,(H,21,24). The predicted molar refractivity (Wildman–Crippen MR) is 92.8 cm³/mol. The third kappa shape index (κ3) is 3.08. The van der Waals surface area contributed by atoms with Crippen LogP contribution >= 0.6 is 0 Å². The molecule has 0 radical (unpaired) electrons. The average molecular weight is 351 g/mol. The fourth-order valence-electron chi connectivity index (χ4n) is 3.05. The van der Waals surface area contributed by atoms with Crippen LogP contribution < -0.4 is 5.32 Å². The van der Waals surface area contributed by atoms with E-state index in [1.165, 1.54) is 6.26 Å². The molecule has 0 aliphatic carbocycles. The second-order valence-electron chi connectivity index (χ2n) is 5.98. The Hall–Kier alpha value is -3.42. The van der Waals surface area contributed by atoms with Crippen molar-refractivity contribution < 1.29 is 14.0 Å². The monoisotopic (exact) mass is 351 g/mol. The van der Waals surface area contributed by atoms with Gasteiger partial charge in [0.15, 0.2) is 11.6 Å². The molecule has 132 valence electrons. The van der Waals surface area contributed by atoms with E-state index < -0.39 is 6.04 Å². The van der Waals surface area contributed by atoms with Crippen LogP contribution in [-0.2, 0) is 4.79 Å². The quantitative estimate of drug-likeness (QED) is 0.777. The van der Waals surface area contributed by atoms with Crippen molar-refractivity contribution in [3.05, 3.63) is 60.9 Å². The van der Waals surface area contributed by atoms with Crippen molar-refractivity contribution in [2.75, 3.05) is 11.9 Å². The maximum atomic E-state index is 12.6. The van der Waals surface area contributed by atoms with Gasteiger partial charge in [-0.25, -0.2) is 9.67 Å². The zero-order chi connectivity index (χ0) is 17.9. The molecule has 4 heterocycles. The van der Waals surface area contributed by atoms with Gasteiger partial charge in [0.2, 0.25) is 5.91 Å². The maximum Gasteiger partial charge on any atom is 0.290 e. The Bertz CT molecular complexity index is 888. The SMILES string of the molecule is O=C(Nc1ccc(-n2cccn2)nc1)C1CCCN1C(=O)c1ccco1. The second kappa shape index (κ2) is 6.83. The topological polar surface area (TPSA) is 93.3 Å². The lowest BCUT2D eigenvalue weighted by Crippen LogP contribution is -2.43. The minimum Gasteiger partial charge on any atom is -0.459 e. The van der Waals surface area contributed by atoms with E-state index >= 15 is 0 Å². The van der Waals surface area contributed by atoms with E-state index in [1.807, 2.05) is 6.07 Å². The van der Waals surface area contributed by atoms with Crippen LogP contribution in [0.4, 0.5) is 5.69 Å². The minimum atomic E-state index is -0.515. The number of furan rings is 1. The minimum absolute atomic E-state index is 0.226.